The Balaban J connectivity index is 1.82. The molecule has 0 N–H and O–H groups in total. The first-order chi connectivity index (χ1) is 13.2. The molecule has 4 nitrogen and oxygen atoms in total. The van der Waals surface area contributed by atoms with Gasteiger partial charge in [-0.3, -0.25) is 14.8 Å². The van der Waals surface area contributed by atoms with Crippen molar-refractivity contribution >= 4 is 5.97 Å². The average molecular weight is 369 g/mol. The fourth-order valence-electron chi connectivity index (χ4n) is 2.94. The highest BCUT2D eigenvalue weighted by molar-refractivity contribution is 5.72. The van der Waals surface area contributed by atoms with Gasteiger partial charge in [0.2, 0.25) is 0 Å². The zero-order valence-corrected chi connectivity index (χ0v) is 16.7. The Hall–Kier alpha value is -2.23. The van der Waals surface area contributed by atoms with Crippen molar-refractivity contribution in [2.24, 2.45) is 0 Å². The van der Waals surface area contributed by atoms with Gasteiger partial charge in [-0.2, -0.15) is 0 Å². The van der Waals surface area contributed by atoms with Crippen LogP contribution in [-0.2, 0) is 11.2 Å². The number of rotatable bonds is 12. The van der Waals surface area contributed by atoms with Gasteiger partial charge >= 0.3 is 5.97 Å². The lowest BCUT2D eigenvalue weighted by Gasteiger charge is -2.06. The molecule has 2 rings (SSSR count). The molecule has 4 heteroatoms. The predicted molar refractivity (Wildman–Crippen MR) is 110 cm³/mol. The summed E-state index contributed by atoms with van der Waals surface area (Å²) in [5.74, 6) is 0.413. The van der Waals surface area contributed by atoms with Gasteiger partial charge < -0.3 is 4.74 Å². The van der Waals surface area contributed by atoms with Gasteiger partial charge in [-0.15, -0.1) is 0 Å². The molecule has 1 aromatic carbocycles. The largest absolute Gasteiger partial charge is 0.427 e. The van der Waals surface area contributed by atoms with Crippen molar-refractivity contribution in [3.63, 3.8) is 0 Å². The Morgan fingerprint density at radius 1 is 0.852 bits per heavy atom. The second-order valence-electron chi connectivity index (χ2n) is 7.01. The Morgan fingerprint density at radius 3 is 2.22 bits per heavy atom. The van der Waals surface area contributed by atoms with E-state index in [9.17, 15) is 4.79 Å². The first kappa shape index (κ1) is 21.1. The van der Waals surface area contributed by atoms with Crippen molar-refractivity contribution in [1.82, 2.24) is 9.97 Å². The van der Waals surface area contributed by atoms with Crippen LogP contribution in [-0.4, -0.2) is 15.9 Å². The highest BCUT2D eigenvalue weighted by atomic mass is 16.5. The third kappa shape index (κ3) is 7.90. The predicted octanol–water partition coefficient (Wildman–Crippen LogP) is 6.14. The minimum atomic E-state index is -0.167. The van der Waals surface area contributed by atoms with E-state index in [0.29, 0.717) is 12.2 Å². The number of hydrogen-bond donors (Lipinski definition) is 0. The standard InChI is InChI=1S/C23H32N2O2/c1-3-5-7-8-10-11-20-17-25-22(18-24-20)19-13-15-21(16-14-19)27-23(26)12-9-6-4-2/h13-18H,3-12H2,1-2H3. The van der Waals surface area contributed by atoms with Crippen LogP contribution in [0, 0.1) is 0 Å². The van der Waals surface area contributed by atoms with E-state index in [4.69, 9.17) is 4.74 Å². The zero-order valence-electron chi connectivity index (χ0n) is 16.7. The molecule has 1 aromatic heterocycles. The highest BCUT2D eigenvalue weighted by Gasteiger charge is 2.06. The van der Waals surface area contributed by atoms with Crippen LogP contribution in [0.3, 0.4) is 0 Å². The topological polar surface area (TPSA) is 52.1 Å². The minimum Gasteiger partial charge on any atom is -0.427 e. The lowest BCUT2D eigenvalue weighted by molar-refractivity contribution is -0.134. The van der Waals surface area contributed by atoms with E-state index < -0.39 is 0 Å². The molecule has 0 saturated carbocycles. The second-order valence-corrected chi connectivity index (χ2v) is 7.01. The number of aromatic nitrogens is 2. The van der Waals surface area contributed by atoms with Crippen molar-refractivity contribution in [1.29, 1.82) is 0 Å². The molecule has 0 bridgehead atoms. The van der Waals surface area contributed by atoms with E-state index in [-0.39, 0.29) is 5.97 Å². The number of carbonyl (C=O) groups is 1. The van der Waals surface area contributed by atoms with Crippen LogP contribution in [0.2, 0.25) is 0 Å². The van der Waals surface area contributed by atoms with E-state index in [2.05, 4.69) is 23.8 Å². The number of aryl methyl sites for hydroxylation is 1. The summed E-state index contributed by atoms with van der Waals surface area (Å²) in [7, 11) is 0. The molecule has 0 fully saturated rings. The Morgan fingerprint density at radius 2 is 1.56 bits per heavy atom. The van der Waals surface area contributed by atoms with Crippen molar-refractivity contribution in [2.75, 3.05) is 0 Å². The minimum absolute atomic E-state index is 0.167. The second kappa shape index (κ2) is 12.2. The van der Waals surface area contributed by atoms with Crippen molar-refractivity contribution < 1.29 is 9.53 Å². The molecule has 0 aliphatic carbocycles. The van der Waals surface area contributed by atoms with Crippen LogP contribution in [0.25, 0.3) is 11.3 Å². The molecule has 0 saturated heterocycles. The lowest BCUT2D eigenvalue weighted by Crippen LogP contribution is -2.07. The third-order valence-corrected chi connectivity index (χ3v) is 4.61. The Bertz CT molecular complexity index is 666. The SMILES string of the molecule is CCCCCCCc1cnc(-c2ccc(OC(=O)CCCCC)cc2)cn1. The number of nitrogens with zero attached hydrogens (tertiary/aromatic N) is 2. The van der Waals surface area contributed by atoms with Gasteiger partial charge in [0, 0.05) is 18.2 Å². The summed E-state index contributed by atoms with van der Waals surface area (Å²) in [6, 6.07) is 7.47. The van der Waals surface area contributed by atoms with E-state index in [1.165, 1.54) is 32.1 Å². The summed E-state index contributed by atoms with van der Waals surface area (Å²) >= 11 is 0. The van der Waals surface area contributed by atoms with Gasteiger partial charge in [-0.25, -0.2) is 0 Å². The molecule has 0 unspecified atom stereocenters. The summed E-state index contributed by atoms with van der Waals surface area (Å²) in [5, 5.41) is 0. The molecular formula is C23H32N2O2. The van der Waals surface area contributed by atoms with Crippen LogP contribution in [0.1, 0.15) is 77.3 Å². The molecule has 0 aliphatic heterocycles. The van der Waals surface area contributed by atoms with Crippen LogP contribution < -0.4 is 4.74 Å². The van der Waals surface area contributed by atoms with Crippen molar-refractivity contribution in [3.05, 3.63) is 42.4 Å². The van der Waals surface area contributed by atoms with Crippen LogP contribution >= 0.6 is 0 Å². The molecule has 2 aromatic rings. The summed E-state index contributed by atoms with van der Waals surface area (Å²) in [4.78, 5) is 20.9. The van der Waals surface area contributed by atoms with Gasteiger partial charge in [0.05, 0.1) is 17.6 Å². The van der Waals surface area contributed by atoms with Crippen LogP contribution in [0.5, 0.6) is 5.75 Å². The van der Waals surface area contributed by atoms with Crippen molar-refractivity contribution in [2.45, 2.75) is 78.1 Å². The van der Waals surface area contributed by atoms with Gasteiger partial charge in [0.15, 0.2) is 0 Å². The summed E-state index contributed by atoms with van der Waals surface area (Å²) in [6.07, 6.45) is 14.5. The van der Waals surface area contributed by atoms with E-state index in [1.54, 1.807) is 0 Å². The number of hydrogen-bond acceptors (Lipinski definition) is 4. The fraction of sp³-hybridized carbons (Fsp3) is 0.522. The van der Waals surface area contributed by atoms with Crippen LogP contribution in [0.15, 0.2) is 36.7 Å². The van der Waals surface area contributed by atoms with Gasteiger partial charge in [0.1, 0.15) is 5.75 Å². The number of ether oxygens (including phenoxy) is 1. The Labute approximate surface area is 163 Å². The Kier molecular flexibility index (Phi) is 9.53. The van der Waals surface area contributed by atoms with E-state index >= 15 is 0 Å². The van der Waals surface area contributed by atoms with E-state index in [1.807, 2.05) is 36.7 Å². The zero-order chi connectivity index (χ0) is 19.3. The fourth-order valence-corrected chi connectivity index (χ4v) is 2.94. The van der Waals surface area contributed by atoms with Crippen molar-refractivity contribution in [3.8, 4) is 17.0 Å². The van der Waals surface area contributed by atoms with Gasteiger partial charge in [-0.05, 0) is 43.5 Å². The maximum Gasteiger partial charge on any atom is 0.311 e. The summed E-state index contributed by atoms with van der Waals surface area (Å²) < 4.78 is 5.37. The molecule has 0 atom stereocenters. The first-order valence-corrected chi connectivity index (χ1v) is 10.3. The molecule has 1 heterocycles. The summed E-state index contributed by atoms with van der Waals surface area (Å²) in [5.41, 5.74) is 2.86. The molecule has 0 aliphatic rings. The molecular weight excluding hydrogens is 336 g/mol. The number of carbonyl (C=O) groups excluding carboxylic acids is 1. The smallest absolute Gasteiger partial charge is 0.311 e. The lowest BCUT2D eigenvalue weighted by atomic mass is 10.1. The van der Waals surface area contributed by atoms with Crippen LogP contribution in [0.4, 0.5) is 0 Å². The third-order valence-electron chi connectivity index (χ3n) is 4.61. The molecule has 0 spiro atoms. The molecule has 0 radical (unpaired) electrons. The number of unbranched alkanes of at least 4 members (excludes halogenated alkanes) is 6. The van der Waals surface area contributed by atoms with E-state index in [0.717, 1.165) is 42.6 Å². The normalized spacial score (nSPS) is 10.7. The monoisotopic (exact) mass is 368 g/mol. The molecule has 27 heavy (non-hydrogen) atoms. The summed E-state index contributed by atoms with van der Waals surface area (Å²) in [6.45, 7) is 4.35. The van der Waals surface area contributed by atoms with Gasteiger partial charge in [0.25, 0.3) is 0 Å². The molecule has 0 amide bonds. The maximum atomic E-state index is 11.8. The quantitative estimate of drug-likeness (QED) is 0.256. The first-order valence-electron chi connectivity index (χ1n) is 10.3. The average Bonchev–Trinajstić information content (AvgIpc) is 2.69. The number of benzene rings is 1. The molecule has 146 valence electrons. The highest BCUT2D eigenvalue weighted by Crippen LogP contribution is 2.21. The van der Waals surface area contributed by atoms with Gasteiger partial charge in [-0.1, -0.05) is 52.4 Å². The number of esters is 1. The maximum absolute atomic E-state index is 11.8.